The number of hydrogen-bond donors (Lipinski definition) is 0. The maximum absolute atomic E-state index is 12.3. The van der Waals surface area contributed by atoms with Gasteiger partial charge in [0.2, 0.25) is 0 Å². The summed E-state index contributed by atoms with van der Waals surface area (Å²) < 4.78 is 10.3. The molecule has 0 fully saturated rings. The van der Waals surface area contributed by atoms with E-state index in [9.17, 15) is 9.59 Å². The first-order valence-corrected chi connectivity index (χ1v) is 7.12. The van der Waals surface area contributed by atoms with E-state index in [1.165, 1.54) is 0 Å². The van der Waals surface area contributed by atoms with Crippen molar-refractivity contribution in [1.82, 2.24) is 4.98 Å². The standard InChI is InChI=1S/C17H19NO4/c1-5-21-16(20)13-10-9-11-7-6-8-12(14(11)18-13)15(19)22-17(2,3)4/h6-10H,5H2,1-4H3. The van der Waals surface area contributed by atoms with Gasteiger partial charge in [-0.05, 0) is 39.8 Å². The van der Waals surface area contributed by atoms with Crippen molar-refractivity contribution in [2.24, 2.45) is 0 Å². The lowest BCUT2D eigenvalue weighted by Crippen LogP contribution is -2.24. The van der Waals surface area contributed by atoms with Crippen molar-refractivity contribution < 1.29 is 19.1 Å². The normalized spacial score (nSPS) is 11.3. The van der Waals surface area contributed by atoms with Crippen LogP contribution in [0.25, 0.3) is 10.9 Å². The highest BCUT2D eigenvalue weighted by atomic mass is 16.6. The molecule has 2 aromatic rings. The largest absolute Gasteiger partial charge is 0.461 e. The summed E-state index contributed by atoms with van der Waals surface area (Å²) in [4.78, 5) is 28.4. The van der Waals surface area contributed by atoms with Gasteiger partial charge in [-0.2, -0.15) is 0 Å². The Morgan fingerprint density at radius 3 is 2.45 bits per heavy atom. The summed E-state index contributed by atoms with van der Waals surface area (Å²) in [6.07, 6.45) is 0. The summed E-state index contributed by atoms with van der Waals surface area (Å²) in [6.45, 7) is 7.39. The zero-order valence-electron chi connectivity index (χ0n) is 13.2. The fourth-order valence-corrected chi connectivity index (χ4v) is 1.96. The van der Waals surface area contributed by atoms with E-state index in [4.69, 9.17) is 9.47 Å². The number of nitrogens with zero attached hydrogens (tertiary/aromatic N) is 1. The van der Waals surface area contributed by atoms with E-state index in [-0.39, 0.29) is 12.3 Å². The van der Waals surface area contributed by atoms with Crippen molar-refractivity contribution in [3.8, 4) is 0 Å². The van der Waals surface area contributed by atoms with Crippen molar-refractivity contribution in [1.29, 1.82) is 0 Å². The lowest BCUT2D eigenvalue weighted by molar-refractivity contribution is 0.00712. The molecule has 5 heteroatoms. The molecule has 0 amide bonds. The Hall–Kier alpha value is -2.43. The molecule has 5 nitrogen and oxygen atoms in total. The number of pyridine rings is 1. The quantitative estimate of drug-likeness (QED) is 0.813. The maximum Gasteiger partial charge on any atom is 0.356 e. The minimum atomic E-state index is -0.599. The van der Waals surface area contributed by atoms with Gasteiger partial charge in [0.25, 0.3) is 0 Å². The van der Waals surface area contributed by atoms with Crippen LogP contribution >= 0.6 is 0 Å². The minimum Gasteiger partial charge on any atom is -0.461 e. The molecular formula is C17H19NO4. The minimum absolute atomic E-state index is 0.172. The monoisotopic (exact) mass is 301 g/mol. The summed E-state index contributed by atoms with van der Waals surface area (Å²) in [5.74, 6) is -0.977. The van der Waals surface area contributed by atoms with Gasteiger partial charge in [0.05, 0.1) is 17.7 Å². The number of carbonyl (C=O) groups excluding carboxylic acids is 2. The van der Waals surface area contributed by atoms with E-state index in [0.717, 1.165) is 5.39 Å². The number of carbonyl (C=O) groups is 2. The van der Waals surface area contributed by atoms with Crippen molar-refractivity contribution in [2.45, 2.75) is 33.3 Å². The molecule has 0 bridgehead atoms. The third kappa shape index (κ3) is 3.61. The molecule has 22 heavy (non-hydrogen) atoms. The highest BCUT2D eigenvalue weighted by Crippen LogP contribution is 2.21. The van der Waals surface area contributed by atoms with Crippen LogP contribution in [0.3, 0.4) is 0 Å². The fourth-order valence-electron chi connectivity index (χ4n) is 1.96. The number of fused-ring (bicyclic) bond motifs is 1. The smallest absolute Gasteiger partial charge is 0.356 e. The Morgan fingerprint density at radius 1 is 1.09 bits per heavy atom. The number of hydrogen-bond acceptors (Lipinski definition) is 5. The van der Waals surface area contributed by atoms with Crippen LogP contribution in [-0.2, 0) is 9.47 Å². The van der Waals surface area contributed by atoms with Gasteiger partial charge in [-0.15, -0.1) is 0 Å². The average Bonchev–Trinajstić information content (AvgIpc) is 2.44. The molecule has 0 atom stereocenters. The molecule has 0 spiro atoms. The van der Waals surface area contributed by atoms with Gasteiger partial charge >= 0.3 is 11.9 Å². The number of para-hydroxylation sites is 1. The third-order valence-electron chi connectivity index (χ3n) is 2.82. The van der Waals surface area contributed by atoms with E-state index in [1.54, 1.807) is 52.0 Å². The van der Waals surface area contributed by atoms with Crippen LogP contribution in [-0.4, -0.2) is 29.1 Å². The number of aromatic nitrogens is 1. The average molecular weight is 301 g/mol. The highest BCUT2D eigenvalue weighted by molar-refractivity contribution is 6.04. The van der Waals surface area contributed by atoms with Crippen LogP contribution in [0.2, 0.25) is 0 Å². The van der Waals surface area contributed by atoms with Gasteiger partial charge in [-0.25, -0.2) is 14.6 Å². The Balaban J connectivity index is 2.48. The summed E-state index contributed by atoms with van der Waals surface area (Å²) in [5.41, 5.74) is 0.337. The molecule has 0 saturated heterocycles. The first-order chi connectivity index (χ1) is 10.3. The highest BCUT2D eigenvalue weighted by Gasteiger charge is 2.21. The van der Waals surface area contributed by atoms with E-state index >= 15 is 0 Å². The molecule has 116 valence electrons. The van der Waals surface area contributed by atoms with Gasteiger partial charge in [-0.1, -0.05) is 18.2 Å². The first kappa shape index (κ1) is 15.9. The second kappa shape index (κ2) is 6.13. The summed E-state index contributed by atoms with van der Waals surface area (Å²) >= 11 is 0. The Bertz CT molecular complexity index is 716. The second-order valence-corrected chi connectivity index (χ2v) is 5.80. The van der Waals surface area contributed by atoms with Crippen molar-refractivity contribution in [2.75, 3.05) is 6.61 Å². The van der Waals surface area contributed by atoms with Crippen molar-refractivity contribution in [3.05, 3.63) is 41.6 Å². The molecular weight excluding hydrogens is 282 g/mol. The van der Waals surface area contributed by atoms with E-state index in [2.05, 4.69) is 4.98 Å². The predicted molar refractivity (Wildman–Crippen MR) is 82.9 cm³/mol. The van der Waals surface area contributed by atoms with Crippen LogP contribution in [0.1, 0.15) is 48.5 Å². The number of benzene rings is 1. The second-order valence-electron chi connectivity index (χ2n) is 5.80. The van der Waals surface area contributed by atoms with Gasteiger partial charge < -0.3 is 9.47 Å². The molecule has 0 saturated carbocycles. The predicted octanol–water partition coefficient (Wildman–Crippen LogP) is 3.37. The zero-order chi connectivity index (χ0) is 16.3. The third-order valence-corrected chi connectivity index (χ3v) is 2.82. The van der Waals surface area contributed by atoms with Crippen molar-refractivity contribution >= 4 is 22.8 Å². The van der Waals surface area contributed by atoms with E-state index in [1.807, 2.05) is 6.07 Å². The molecule has 0 unspecified atom stereocenters. The SMILES string of the molecule is CCOC(=O)c1ccc2cccc(C(=O)OC(C)(C)C)c2n1. The molecule has 0 aliphatic carbocycles. The van der Waals surface area contributed by atoms with E-state index in [0.29, 0.717) is 11.1 Å². The van der Waals surface area contributed by atoms with Crippen LogP contribution in [0.5, 0.6) is 0 Å². The number of esters is 2. The van der Waals surface area contributed by atoms with Gasteiger partial charge in [0.15, 0.2) is 0 Å². The lowest BCUT2D eigenvalue weighted by atomic mass is 10.1. The molecule has 0 aliphatic rings. The maximum atomic E-state index is 12.3. The molecule has 0 N–H and O–H groups in total. The fraction of sp³-hybridized carbons (Fsp3) is 0.353. The topological polar surface area (TPSA) is 65.5 Å². The first-order valence-electron chi connectivity index (χ1n) is 7.12. The Labute approximate surface area is 129 Å². The van der Waals surface area contributed by atoms with Crippen LogP contribution in [0.4, 0.5) is 0 Å². The summed E-state index contributed by atoms with van der Waals surface area (Å²) in [7, 11) is 0. The molecule has 1 aromatic heterocycles. The Morgan fingerprint density at radius 2 is 1.82 bits per heavy atom. The molecule has 1 heterocycles. The Kier molecular flexibility index (Phi) is 4.45. The van der Waals surface area contributed by atoms with Crippen LogP contribution in [0, 0.1) is 0 Å². The molecule has 1 aromatic carbocycles. The summed E-state index contributed by atoms with van der Waals surface area (Å²) in [6, 6.07) is 8.54. The van der Waals surface area contributed by atoms with Gasteiger partial charge in [-0.3, -0.25) is 0 Å². The van der Waals surface area contributed by atoms with Crippen molar-refractivity contribution in [3.63, 3.8) is 0 Å². The van der Waals surface area contributed by atoms with Crippen LogP contribution in [0.15, 0.2) is 30.3 Å². The van der Waals surface area contributed by atoms with Gasteiger partial charge in [0.1, 0.15) is 11.3 Å². The van der Waals surface area contributed by atoms with E-state index < -0.39 is 17.5 Å². The molecule has 2 rings (SSSR count). The van der Waals surface area contributed by atoms with Gasteiger partial charge in [0, 0.05) is 5.39 Å². The molecule has 0 radical (unpaired) electrons. The lowest BCUT2D eigenvalue weighted by Gasteiger charge is -2.19. The van der Waals surface area contributed by atoms with Crippen LogP contribution < -0.4 is 0 Å². The molecule has 0 aliphatic heterocycles. The number of rotatable bonds is 3. The summed E-state index contributed by atoms with van der Waals surface area (Å²) in [5, 5.41) is 0.761. The zero-order valence-corrected chi connectivity index (χ0v) is 13.2. The number of ether oxygens (including phenoxy) is 2.